The standard InChI is InChI=1S/C13H17ClFNO/c14-11-2-1-3-12(13(11)15)17-9-6-10-4-7-16-8-5-10/h1-3,10,16H,4-9H2. The first-order valence-corrected chi connectivity index (χ1v) is 6.42. The molecule has 2 rings (SSSR count). The maximum atomic E-state index is 13.5. The highest BCUT2D eigenvalue weighted by Gasteiger charge is 2.13. The highest BCUT2D eigenvalue weighted by molar-refractivity contribution is 6.30. The molecule has 0 saturated carbocycles. The number of halogens is 2. The maximum Gasteiger partial charge on any atom is 0.183 e. The molecule has 1 aliphatic rings. The van der Waals surface area contributed by atoms with E-state index in [0.29, 0.717) is 12.5 Å². The van der Waals surface area contributed by atoms with Gasteiger partial charge in [-0.2, -0.15) is 0 Å². The summed E-state index contributed by atoms with van der Waals surface area (Å²) >= 11 is 5.68. The van der Waals surface area contributed by atoms with Gasteiger partial charge in [0.2, 0.25) is 0 Å². The summed E-state index contributed by atoms with van der Waals surface area (Å²) in [5, 5.41) is 3.44. The van der Waals surface area contributed by atoms with Crippen molar-refractivity contribution in [3.63, 3.8) is 0 Å². The summed E-state index contributed by atoms with van der Waals surface area (Å²) in [6.07, 6.45) is 3.34. The largest absolute Gasteiger partial charge is 0.490 e. The third-order valence-corrected chi connectivity index (χ3v) is 3.45. The van der Waals surface area contributed by atoms with Crippen molar-refractivity contribution >= 4 is 11.6 Å². The molecule has 0 aliphatic carbocycles. The molecule has 0 atom stereocenters. The van der Waals surface area contributed by atoms with Crippen molar-refractivity contribution in [1.82, 2.24) is 5.32 Å². The molecule has 94 valence electrons. The van der Waals surface area contributed by atoms with Crippen LogP contribution in [0.4, 0.5) is 4.39 Å². The van der Waals surface area contributed by atoms with Crippen molar-refractivity contribution in [2.45, 2.75) is 19.3 Å². The Balaban J connectivity index is 1.79. The van der Waals surface area contributed by atoms with E-state index in [2.05, 4.69) is 5.32 Å². The van der Waals surface area contributed by atoms with E-state index in [0.717, 1.165) is 19.5 Å². The second kappa shape index (κ2) is 6.22. The Morgan fingerprint density at radius 3 is 2.88 bits per heavy atom. The molecule has 1 heterocycles. The zero-order valence-corrected chi connectivity index (χ0v) is 10.5. The third-order valence-electron chi connectivity index (χ3n) is 3.16. The van der Waals surface area contributed by atoms with Crippen LogP contribution in [0.1, 0.15) is 19.3 Å². The fourth-order valence-electron chi connectivity index (χ4n) is 2.10. The lowest BCUT2D eigenvalue weighted by atomic mass is 9.95. The molecule has 0 radical (unpaired) electrons. The van der Waals surface area contributed by atoms with E-state index in [4.69, 9.17) is 16.3 Å². The molecule has 4 heteroatoms. The first-order valence-electron chi connectivity index (χ1n) is 6.05. The zero-order chi connectivity index (χ0) is 12.1. The molecular formula is C13H17ClFNO. The van der Waals surface area contributed by atoms with Gasteiger partial charge in [-0.3, -0.25) is 0 Å². The van der Waals surface area contributed by atoms with Crippen molar-refractivity contribution in [2.24, 2.45) is 5.92 Å². The van der Waals surface area contributed by atoms with Crippen molar-refractivity contribution < 1.29 is 9.13 Å². The van der Waals surface area contributed by atoms with Crippen LogP contribution in [-0.4, -0.2) is 19.7 Å². The van der Waals surface area contributed by atoms with Gasteiger partial charge in [-0.25, -0.2) is 4.39 Å². The normalized spacial score (nSPS) is 17.1. The molecule has 0 amide bonds. The molecule has 17 heavy (non-hydrogen) atoms. The summed E-state index contributed by atoms with van der Waals surface area (Å²) in [5.41, 5.74) is 0. The quantitative estimate of drug-likeness (QED) is 0.894. The minimum absolute atomic E-state index is 0.115. The second-order valence-electron chi connectivity index (χ2n) is 4.38. The Hall–Kier alpha value is -0.800. The molecule has 2 nitrogen and oxygen atoms in total. The Kier molecular flexibility index (Phi) is 4.63. The lowest BCUT2D eigenvalue weighted by Crippen LogP contribution is -2.28. The van der Waals surface area contributed by atoms with E-state index in [9.17, 15) is 4.39 Å². The van der Waals surface area contributed by atoms with E-state index >= 15 is 0 Å². The Labute approximate surface area is 106 Å². The lowest BCUT2D eigenvalue weighted by molar-refractivity contribution is 0.244. The minimum Gasteiger partial charge on any atom is -0.490 e. The van der Waals surface area contributed by atoms with Gasteiger partial charge in [0.15, 0.2) is 11.6 Å². The number of rotatable bonds is 4. The van der Waals surface area contributed by atoms with Gasteiger partial charge in [0.05, 0.1) is 11.6 Å². The first-order chi connectivity index (χ1) is 8.27. The van der Waals surface area contributed by atoms with Crippen molar-refractivity contribution in [3.05, 3.63) is 29.0 Å². The van der Waals surface area contributed by atoms with Crippen LogP contribution in [-0.2, 0) is 0 Å². The summed E-state index contributed by atoms with van der Waals surface area (Å²) in [6, 6.07) is 4.84. The molecular weight excluding hydrogens is 241 g/mol. The first kappa shape index (κ1) is 12.7. The zero-order valence-electron chi connectivity index (χ0n) is 9.72. The topological polar surface area (TPSA) is 21.3 Å². The number of benzene rings is 1. The van der Waals surface area contributed by atoms with Gasteiger partial charge in [0.1, 0.15) is 0 Å². The van der Waals surface area contributed by atoms with Crippen molar-refractivity contribution in [2.75, 3.05) is 19.7 Å². The predicted molar refractivity (Wildman–Crippen MR) is 67.1 cm³/mol. The predicted octanol–water partition coefficient (Wildman–Crippen LogP) is 3.25. The highest BCUT2D eigenvalue weighted by Crippen LogP contribution is 2.25. The summed E-state index contributed by atoms with van der Waals surface area (Å²) in [5.74, 6) is 0.490. The van der Waals surface area contributed by atoms with Crippen LogP contribution in [0, 0.1) is 11.7 Å². The van der Waals surface area contributed by atoms with Gasteiger partial charge in [-0.15, -0.1) is 0 Å². The number of piperidine rings is 1. The van der Waals surface area contributed by atoms with Crippen LogP contribution >= 0.6 is 11.6 Å². The molecule has 0 unspecified atom stereocenters. The molecule has 0 bridgehead atoms. The molecule has 0 spiro atoms. The number of hydrogen-bond acceptors (Lipinski definition) is 2. The maximum absolute atomic E-state index is 13.5. The molecule has 1 aromatic rings. The van der Waals surface area contributed by atoms with E-state index in [1.54, 1.807) is 12.1 Å². The van der Waals surface area contributed by atoms with Crippen LogP contribution in [0.5, 0.6) is 5.75 Å². The molecule has 1 saturated heterocycles. The van der Waals surface area contributed by atoms with Crippen molar-refractivity contribution in [3.8, 4) is 5.75 Å². The van der Waals surface area contributed by atoms with Crippen molar-refractivity contribution in [1.29, 1.82) is 0 Å². The van der Waals surface area contributed by atoms with Gasteiger partial charge >= 0.3 is 0 Å². The van der Waals surface area contributed by atoms with E-state index in [1.165, 1.54) is 18.9 Å². The second-order valence-corrected chi connectivity index (χ2v) is 4.79. The SMILES string of the molecule is Fc1c(Cl)cccc1OCCC1CCNCC1. The highest BCUT2D eigenvalue weighted by atomic mass is 35.5. The molecule has 1 aromatic carbocycles. The van der Waals surface area contributed by atoms with Crippen LogP contribution in [0.3, 0.4) is 0 Å². The molecule has 1 fully saturated rings. The summed E-state index contributed by atoms with van der Waals surface area (Å²) < 4.78 is 18.9. The lowest BCUT2D eigenvalue weighted by Gasteiger charge is -2.22. The van der Waals surface area contributed by atoms with E-state index < -0.39 is 5.82 Å². The fraction of sp³-hybridized carbons (Fsp3) is 0.538. The van der Waals surface area contributed by atoms with Gasteiger partial charge < -0.3 is 10.1 Å². The van der Waals surface area contributed by atoms with Crippen LogP contribution < -0.4 is 10.1 Å². The fourth-order valence-corrected chi connectivity index (χ4v) is 2.27. The number of hydrogen-bond donors (Lipinski definition) is 1. The van der Waals surface area contributed by atoms with Gasteiger partial charge in [-0.1, -0.05) is 17.7 Å². The molecule has 0 aromatic heterocycles. The molecule has 1 N–H and O–H groups in total. The smallest absolute Gasteiger partial charge is 0.183 e. The van der Waals surface area contributed by atoms with Crippen LogP contribution in [0.2, 0.25) is 5.02 Å². The Morgan fingerprint density at radius 1 is 1.35 bits per heavy atom. The van der Waals surface area contributed by atoms with Gasteiger partial charge in [0, 0.05) is 0 Å². The van der Waals surface area contributed by atoms with Crippen LogP contribution in [0.15, 0.2) is 18.2 Å². The summed E-state index contributed by atoms with van der Waals surface area (Å²) in [4.78, 5) is 0. The average molecular weight is 258 g/mol. The minimum atomic E-state index is -0.459. The Morgan fingerprint density at radius 2 is 2.12 bits per heavy atom. The van der Waals surface area contributed by atoms with Gasteiger partial charge in [-0.05, 0) is 50.4 Å². The number of nitrogens with one attached hydrogen (secondary N) is 1. The summed E-state index contributed by atoms with van der Waals surface area (Å²) in [6.45, 7) is 2.72. The monoisotopic (exact) mass is 257 g/mol. The van der Waals surface area contributed by atoms with Crippen LogP contribution in [0.25, 0.3) is 0 Å². The third kappa shape index (κ3) is 3.58. The average Bonchev–Trinajstić information content (AvgIpc) is 2.36. The van der Waals surface area contributed by atoms with E-state index in [-0.39, 0.29) is 10.8 Å². The van der Waals surface area contributed by atoms with E-state index in [1.807, 2.05) is 0 Å². The van der Waals surface area contributed by atoms with Gasteiger partial charge in [0.25, 0.3) is 0 Å². The Bertz CT molecular complexity index is 366. The molecule has 1 aliphatic heterocycles. The summed E-state index contributed by atoms with van der Waals surface area (Å²) in [7, 11) is 0. The number of ether oxygens (including phenoxy) is 1.